The van der Waals surface area contributed by atoms with Crippen LogP contribution in [0.1, 0.15) is 85.7 Å². The Labute approximate surface area is 213 Å². The minimum Gasteiger partial charge on any atom is -0.455 e. The predicted molar refractivity (Wildman–Crippen MR) is 149 cm³/mol. The number of aryl methyl sites for hydroxylation is 1. The van der Waals surface area contributed by atoms with Crippen molar-refractivity contribution in [1.82, 2.24) is 4.98 Å². The SMILES string of the molecule is [2H]C([2H])([2H])c1cnc(-c2cccc3c2oc2ccccc23)cc1-c1c(C(C)C)cc(C(C)C)cc1C(C)C. The molecule has 0 saturated heterocycles. The van der Waals surface area contributed by atoms with E-state index in [0.29, 0.717) is 11.6 Å². The van der Waals surface area contributed by atoms with Gasteiger partial charge in [0.1, 0.15) is 11.2 Å². The molecule has 2 heteroatoms. The van der Waals surface area contributed by atoms with Gasteiger partial charge in [0.15, 0.2) is 0 Å². The van der Waals surface area contributed by atoms with Crippen molar-refractivity contribution in [3.05, 3.63) is 89.1 Å². The van der Waals surface area contributed by atoms with Crippen LogP contribution in [0.3, 0.4) is 0 Å². The molecule has 35 heavy (non-hydrogen) atoms. The first-order chi connectivity index (χ1) is 18.0. The molecule has 5 aromatic rings. The molecule has 0 bridgehead atoms. The molecule has 3 aromatic carbocycles. The van der Waals surface area contributed by atoms with Gasteiger partial charge >= 0.3 is 0 Å². The first kappa shape index (κ1) is 19.9. The third kappa shape index (κ3) is 4.05. The van der Waals surface area contributed by atoms with E-state index in [-0.39, 0.29) is 17.4 Å². The van der Waals surface area contributed by atoms with Gasteiger partial charge < -0.3 is 4.42 Å². The number of hydrogen-bond acceptors (Lipinski definition) is 2. The van der Waals surface area contributed by atoms with Crippen LogP contribution in [0.2, 0.25) is 0 Å². The number of pyridine rings is 1. The summed E-state index contributed by atoms with van der Waals surface area (Å²) in [5.41, 5.74) is 8.78. The number of nitrogens with zero attached hydrogens (tertiary/aromatic N) is 1. The maximum Gasteiger partial charge on any atom is 0.144 e. The van der Waals surface area contributed by atoms with Crippen molar-refractivity contribution in [3.8, 4) is 22.4 Å². The van der Waals surface area contributed by atoms with Gasteiger partial charge in [-0.1, -0.05) is 84.0 Å². The summed E-state index contributed by atoms with van der Waals surface area (Å²) in [7, 11) is 0. The van der Waals surface area contributed by atoms with E-state index in [4.69, 9.17) is 13.5 Å². The lowest BCUT2D eigenvalue weighted by Gasteiger charge is -2.24. The van der Waals surface area contributed by atoms with E-state index in [1.807, 2.05) is 36.4 Å². The number of furan rings is 1. The maximum atomic E-state index is 8.38. The lowest BCUT2D eigenvalue weighted by Crippen LogP contribution is -2.05. The van der Waals surface area contributed by atoms with E-state index < -0.39 is 6.85 Å². The summed E-state index contributed by atoms with van der Waals surface area (Å²) < 4.78 is 31.4. The van der Waals surface area contributed by atoms with Crippen LogP contribution in [0.25, 0.3) is 44.3 Å². The molecule has 0 N–H and O–H groups in total. The van der Waals surface area contributed by atoms with Gasteiger partial charge in [-0.15, -0.1) is 0 Å². The first-order valence-electron chi connectivity index (χ1n) is 14.1. The fourth-order valence-corrected chi connectivity index (χ4v) is 5.03. The number of benzene rings is 3. The van der Waals surface area contributed by atoms with E-state index in [0.717, 1.165) is 38.6 Å². The molecule has 2 nitrogen and oxygen atoms in total. The average Bonchev–Trinajstić information content (AvgIpc) is 3.25. The molecule has 0 atom stereocenters. The van der Waals surface area contributed by atoms with Gasteiger partial charge in [-0.25, -0.2) is 0 Å². The zero-order valence-corrected chi connectivity index (χ0v) is 21.4. The van der Waals surface area contributed by atoms with E-state index >= 15 is 0 Å². The molecule has 2 aromatic heterocycles. The van der Waals surface area contributed by atoms with Crippen LogP contribution < -0.4 is 0 Å². The van der Waals surface area contributed by atoms with Gasteiger partial charge in [0.25, 0.3) is 0 Å². The Bertz CT molecular complexity index is 1610. The van der Waals surface area contributed by atoms with Crippen LogP contribution in [0, 0.1) is 6.85 Å². The Hall–Kier alpha value is -3.39. The monoisotopic (exact) mass is 464 g/mol. The molecule has 0 aliphatic heterocycles. The first-order valence-corrected chi connectivity index (χ1v) is 12.6. The minimum absolute atomic E-state index is 0.223. The molecule has 178 valence electrons. The normalized spacial score (nSPS) is 13.7. The Morgan fingerprint density at radius 3 is 2.09 bits per heavy atom. The smallest absolute Gasteiger partial charge is 0.144 e. The van der Waals surface area contributed by atoms with Crippen molar-refractivity contribution in [2.75, 3.05) is 0 Å². The van der Waals surface area contributed by atoms with Crippen molar-refractivity contribution in [2.24, 2.45) is 0 Å². The van der Waals surface area contributed by atoms with E-state index in [1.54, 1.807) is 6.20 Å². The standard InChI is InChI=1S/C33H35NO/c1-19(2)23-15-27(20(3)4)32(28(16-23)21(5)6)29-17-30(34-18-22(29)7)26-13-10-12-25-24-11-8-9-14-31(24)35-33(25)26/h8-21H,1-7H3/i7D3. The Balaban J connectivity index is 1.85. The number of para-hydroxylation sites is 2. The van der Waals surface area contributed by atoms with E-state index in [1.165, 1.54) is 16.7 Å². The fraction of sp³-hybridized carbons (Fsp3) is 0.303. The van der Waals surface area contributed by atoms with Gasteiger partial charge in [-0.2, -0.15) is 0 Å². The third-order valence-corrected chi connectivity index (χ3v) is 6.99. The van der Waals surface area contributed by atoms with E-state index in [2.05, 4.69) is 65.8 Å². The van der Waals surface area contributed by atoms with Crippen LogP contribution in [-0.2, 0) is 0 Å². The molecular weight excluding hydrogens is 426 g/mol. The average molecular weight is 465 g/mol. The van der Waals surface area contributed by atoms with Gasteiger partial charge in [-0.05, 0) is 76.2 Å². The van der Waals surface area contributed by atoms with Crippen LogP contribution in [-0.4, -0.2) is 4.98 Å². The molecule has 5 rings (SSSR count). The summed E-state index contributed by atoms with van der Waals surface area (Å²) in [6.45, 7) is 10.8. The van der Waals surface area contributed by atoms with Crippen molar-refractivity contribution < 1.29 is 8.53 Å². The lowest BCUT2D eigenvalue weighted by molar-refractivity contribution is 0.670. The molecule has 0 radical (unpaired) electrons. The van der Waals surface area contributed by atoms with Gasteiger partial charge in [0, 0.05) is 26.6 Å². The minimum atomic E-state index is -2.30. The molecule has 2 heterocycles. The van der Waals surface area contributed by atoms with Crippen LogP contribution >= 0.6 is 0 Å². The molecular formula is C33H35NO. The molecule has 0 aliphatic rings. The second-order valence-electron chi connectivity index (χ2n) is 10.4. The Kier molecular flexibility index (Phi) is 5.11. The quantitative estimate of drug-likeness (QED) is 0.258. The van der Waals surface area contributed by atoms with Gasteiger partial charge in [0.05, 0.1) is 5.69 Å². The highest BCUT2D eigenvalue weighted by molar-refractivity contribution is 6.09. The summed E-state index contributed by atoms with van der Waals surface area (Å²) in [6.07, 6.45) is 1.55. The third-order valence-electron chi connectivity index (χ3n) is 6.99. The predicted octanol–water partition coefficient (Wildman–Crippen LogP) is 9.99. The largest absolute Gasteiger partial charge is 0.455 e. The zero-order chi connectivity index (χ0) is 27.4. The number of fused-ring (bicyclic) bond motifs is 3. The molecule has 0 unspecified atom stereocenters. The number of hydrogen-bond donors (Lipinski definition) is 0. The number of aromatic nitrogens is 1. The molecule has 0 saturated carbocycles. The van der Waals surface area contributed by atoms with Gasteiger partial charge in [0.2, 0.25) is 0 Å². The fourth-order valence-electron chi connectivity index (χ4n) is 5.03. The summed E-state index contributed by atoms with van der Waals surface area (Å²) in [4.78, 5) is 4.70. The molecule has 0 spiro atoms. The summed E-state index contributed by atoms with van der Waals surface area (Å²) in [5.74, 6) is 0.821. The summed E-state index contributed by atoms with van der Waals surface area (Å²) >= 11 is 0. The van der Waals surface area contributed by atoms with Crippen molar-refractivity contribution in [3.63, 3.8) is 0 Å². The van der Waals surface area contributed by atoms with Crippen LogP contribution in [0.4, 0.5) is 0 Å². The zero-order valence-electron chi connectivity index (χ0n) is 24.4. The highest BCUT2D eigenvalue weighted by Gasteiger charge is 2.21. The second-order valence-corrected chi connectivity index (χ2v) is 10.4. The second kappa shape index (κ2) is 9.00. The highest BCUT2D eigenvalue weighted by atomic mass is 16.3. The number of rotatable bonds is 5. The topological polar surface area (TPSA) is 26.0 Å². The van der Waals surface area contributed by atoms with E-state index in [9.17, 15) is 0 Å². The van der Waals surface area contributed by atoms with Crippen molar-refractivity contribution in [1.29, 1.82) is 0 Å². The van der Waals surface area contributed by atoms with Crippen molar-refractivity contribution >= 4 is 21.9 Å². The van der Waals surface area contributed by atoms with Crippen molar-refractivity contribution in [2.45, 2.75) is 66.1 Å². The Morgan fingerprint density at radius 1 is 0.743 bits per heavy atom. The van der Waals surface area contributed by atoms with Gasteiger partial charge in [-0.3, -0.25) is 4.98 Å². The maximum absolute atomic E-state index is 8.38. The molecule has 0 amide bonds. The molecule has 0 aliphatic carbocycles. The Morgan fingerprint density at radius 2 is 1.43 bits per heavy atom. The van der Waals surface area contributed by atoms with Crippen LogP contribution in [0.15, 0.2) is 71.3 Å². The lowest BCUT2D eigenvalue weighted by atomic mass is 9.81. The molecule has 0 fully saturated rings. The summed E-state index contributed by atoms with van der Waals surface area (Å²) in [6, 6.07) is 20.6. The highest BCUT2D eigenvalue weighted by Crippen LogP contribution is 2.42. The summed E-state index contributed by atoms with van der Waals surface area (Å²) in [5, 5.41) is 2.07. The van der Waals surface area contributed by atoms with Crippen LogP contribution in [0.5, 0.6) is 0 Å².